The van der Waals surface area contributed by atoms with E-state index in [1.165, 1.54) is 11.3 Å². The van der Waals surface area contributed by atoms with Crippen LogP contribution in [-0.4, -0.2) is 11.0 Å². The fraction of sp³-hybridized carbons (Fsp3) is 0.167. The molecule has 0 fully saturated rings. The minimum absolute atomic E-state index is 0.0295. The maximum absolute atomic E-state index is 12.4. The van der Waals surface area contributed by atoms with Gasteiger partial charge in [0, 0.05) is 16.6 Å². The number of pyridine rings is 1. The number of thiophene rings is 1. The first-order valence-electron chi connectivity index (χ1n) is 7.32. The van der Waals surface area contributed by atoms with E-state index >= 15 is 0 Å². The van der Waals surface area contributed by atoms with Crippen LogP contribution in [0.2, 0.25) is 0 Å². The maximum Gasteiger partial charge on any atom is 0.350 e. The van der Waals surface area contributed by atoms with Gasteiger partial charge in [-0.15, -0.1) is 11.3 Å². The number of nitrogens with zero attached hydrogens (tertiary/aromatic N) is 2. The molecule has 1 aromatic carbocycles. The molecule has 0 aliphatic carbocycles. The Hall–Kier alpha value is -2.91. The molecule has 6 heteroatoms. The van der Waals surface area contributed by atoms with E-state index < -0.39 is 5.97 Å². The van der Waals surface area contributed by atoms with Crippen LogP contribution in [0.3, 0.4) is 0 Å². The summed E-state index contributed by atoms with van der Waals surface area (Å²) in [4.78, 5) is 17.9. The van der Waals surface area contributed by atoms with Crippen LogP contribution in [0.4, 0.5) is 5.69 Å². The minimum atomic E-state index is -0.500. The molecule has 0 radical (unpaired) electrons. The van der Waals surface area contributed by atoms with Crippen LogP contribution in [0.15, 0.2) is 30.3 Å². The molecule has 0 aliphatic heterocycles. The number of ether oxygens (including phenoxy) is 1. The zero-order valence-electron chi connectivity index (χ0n) is 13.3. The number of rotatable bonds is 3. The van der Waals surface area contributed by atoms with E-state index in [4.69, 9.17) is 15.7 Å². The zero-order chi connectivity index (χ0) is 17.3. The molecule has 3 aromatic rings. The SMILES string of the molecule is Cc1cc(C)c2c(N)c(C(=O)OCc3ccccc3C#N)sc2n1. The number of fused-ring (bicyclic) bond motifs is 1. The summed E-state index contributed by atoms with van der Waals surface area (Å²) in [6, 6.07) is 11.0. The summed E-state index contributed by atoms with van der Waals surface area (Å²) in [5, 5.41) is 9.88. The van der Waals surface area contributed by atoms with Gasteiger partial charge in [0.1, 0.15) is 16.3 Å². The number of hydrogen-bond acceptors (Lipinski definition) is 6. The Morgan fingerprint density at radius 1 is 1.38 bits per heavy atom. The molecule has 2 heterocycles. The second-order valence-electron chi connectivity index (χ2n) is 5.45. The van der Waals surface area contributed by atoms with Gasteiger partial charge >= 0.3 is 5.97 Å². The van der Waals surface area contributed by atoms with Crippen LogP contribution in [0.5, 0.6) is 0 Å². The van der Waals surface area contributed by atoms with Gasteiger partial charge in [-0.05, 0) is 31.5 Å². The van der Waals surface area contributed by atoms with Crippen molar-refractivity contribution >= 4 is 33.2 Å². The van der Waals surface area contributed by atoms with Crippen molar-refractivity contribution in [3.8, 4) is 6.07 Å². The third-order valence-electron chi connectivity index (χ3n) is 3.71. The van der Waals surface area contributed by atoms with Crippen molar-refractivity contribution in [2.75, 3.05) is 5.73 Å². The maximum atomic E-state index is 12.4. The van der Waals surface area contributed by atoms with Crippen molar-refractivity contribution in [2.45, 2.75) is 20.5 Å². The number of aromatic nitrogens is 1. The molecule has 2 N–H and O–H groups in total. The summed E-state index contributed by atoms with van der Waals surface area (Å²) < 4.78 is 5.35. The molecule has 0 saturated carbocycles. The lowest BCUT2D eigenvalue weighted by molar-refractivity contribution is 0.0479. The van der Waals surface area contributed by atoms with E-state index in [0.717, 1.165) is 21.5 Å². The summed E-state index contributed by atoms with van der Waals surface area (Å²) in [7, 11) is 0. The highest BCUT2D eigenvalue weighted by atomic mass is 32.1. The monoisotopic (exact) mass is 337 g/mol. The molecule has 120 valence electrons. The molecule has 0 atom stereocenters. The smallest absolute Gasteiger partial charge is 0.350 e. The van der Waals surface area contributed by atoms with Gasteiger partial charge in [0.05, 0.1) is 17.3 Å². The highest BCUT2D eigenvalue weighted by Gasteiger charge is 2.20. The van der Waals surface area contributed by atoms with Crippen LogP contribution in [-0.2, 0) is 11.3 Å². The first-order valence-corrected chi connectivity index (χ1v) is 8.14. The van der Waals surface area contributed by atoms with E-state index in [0.29, 0.717) is 21.7 Å². The summed E-state index contributed by atoms with van der Waals surface area (Å²) >= 11 is 1.23. The summed E-state index contributed by atoms with van der Waals surface area (Å²) in [5.74, 6) is -0.500. The van der Waals surface area contributed by atoms with Crippen molar-refractivity contribution in [3.63, 3.8) is 0 Å². The molecule has 0 amide bonds. The second kappa shape index (κ2) is 6.30. The van der Waals surface area contributed by atoms with Crippen LogP contribution >= 0.6 is 11.3 Å². The molecule has 0 spiro atoms. The molecular weight excluding hydrogens is 322 g/mol. The summed E-state index contributed by atoms with van der Waals surface area (Å²) in [5.41, 5.74) is 9.55. The number of nitriles is 1. The van der Waals surface area contributed by atoms with Crippen molar-refractivity contribution in [1.29, 1.82) is 5.26 Å². The number of benzene rings is 1. The van der Waals surface area contributed by atoms with Crippen LogP contribution in [0, 0.1) is 25.2 Å². The number of nitrogen functional groups attached to an aromatic ring is 1. The Kier molecular flexibility index (Phi) is 4.19. The number of carbonyl (C=O) groups is 1. The third kappa shape index (κ3) is 2.82. The van der Waals surface area contributed by atoms with Gasteiger partial charge in [-0.1, -0.05) is 18.2 Å². The number of esters is 1. The number of anilines is 1. The van der Waals surface area contributed by atoms with E-state index in [9.17, 15) is 4.79 Å². The average molecular weight is 337 g/mol. The number of carbonyl (C=O) groups excluding carboxylic acids is 1. The van der Waals surface area contributed by atoms with Gasteiger partial charge in [0.25, 0.3) is 0 Å². The predicted molar refractivity (Wildman–Crippen MR) is 93.8 cm³/mol. The van der Waals surface area contributed by atoms with E-state index in [1.54, 1.807) is 24.3 Å². The third-order valence-corrected chi connectivity index (χ3v) is 4.79. The Bertz CT molecular complexity index is 986. The molecule has 5 nitrogen and oxygen atoms in total. The van der Waals surface area contributed by atoms with Crippen LogP contribution < -0.4 is 5.73 Å². The van der Waals surface area contributed by atoms with Gasteiger partial charge in [-0.3, -0.25) is 0 Å². The van der Waals surface area contributed by atoms with Gasteiger partial charge < -0.3 is 10.5 Å². The summed E-state index contributed by atoms with van der Waals surface area (Å²) in [6.45, 7) is 3.87. The molecule has 0 bridgehead atoms. The van der Waals surface area contributed by atoms with Gasteiger partial charge in [-0.25, -0.2) is 9.78 Å². The molecule has 0 aliphatic rings. The first kappa shape index (κ1) is 16.0. The molecule has 2 aromatic heterocycles. The molecule has 3 rings (SSSR count). The largest absolute Gasteiger partial charge is 0.457 e. The van der Waals surface area contributed by atoms with Crippen molar-refractivity contribution in [3.05, 3.63) is 57.6 Å². The first-order chi connectivity index (χ1) is 11.5. The van der Waals surface area contributed by atoms with Crippen molar-refractivity contribution in [2.24, 2.45) is 0 Å². The van der Waals surface area contributed by atoms with Gasteiger partial charge in [0.15, 0.2) is 0 Å². The summed E-state index contributed by atoms with van der Waals surface area (Å²) in [6.07, 6.45) is 0. The highest BCUT2D eigenvalue weighted by Crippen LogP contribution is 2.35. The van der Waals surface area contributed by atoms with Crippen LogP contribution in [0.1, 0.15) is 32.1 Å². The molecule has 24 heavy (non-hydrogen) atoms. The van der Waals surface area contributed by atoms with E-state index in [-0.39, 0.29) is 6.61 Å². The molecule has 0 unspecified atom stereocenters. The highest BCUT2D eigenvalue weighted by molar-refractivity contribution is 7.21. The van der Waals surface area contributed by atoms with E-state index in [2.05, 4.69) is 11.1 Å². The lowest BCUT2D eigenvalue weighted by Gasteiger charge is -2.05. The number of aryl methyl sites for hydroxylation is 2. The lowest BCUT2D eigenvalue weighted by Crippen LogP contribution is -2.06. The lowest BCUT2D eigenvalue weighted by atomic mass is 10.1. The Morgan fingerprint density at radius 3 is 2.88 bits per heavy atom. The standard InChI is InChI=1S/C18H15N3O2S/c1-10-7-11(2)21-17-14(10)15(20)16(24-17)18(22)23-9-13-6-4-3-5-12(13)8-19/h3-7H,9,20H2,1-2H3. The molecule has 0 saturated heterocycles. The topological polar surface area (TPSA) is 89.0 Å². The average Bonchev–Trinajstić information content (AvgIpc) is 2.89. The van der Waals surface area contributed by atoms with Crippen molar-refractivity contribution in [1.82, 2.24) is 4.98 Å². The zero-order valence-corrected chi connectivity index (χ0v) is 14.1. The van der Waals surface area contributed by atoms with Gasteiger partial charge in [-0.2, -0.15) is 5.26 Å². The molecular formula is C18H15N3O2S. The van der Waals surface area contributed by atoms with Crippen LogP contribution in [0.25, 0.3) is 10.2 Å². The quantitative estimate of drug-likeness (QED) is 0.736. The minimum Gasteiger partial charge on any atom is -0.457 e. The Morgan fingerprint density at radius 2 is 2.12 bits per heavy atom. The Balaban J connectivity index is 1.88. The fourth-order valence-electron chi connectivity index (χ4n) is 2.58. The normalized spacial score (nSPS) is 10.5. The van der Waals surface area contributed by atoms with E-state index in [1.807, 2.05) is 19.9 Å². The number of hydrogen-bond donors (Lipinski definition) is 1. The second-order valence-corrected chi connectivity index (χ2v) is 6.45. The van der Waals surface area contributed by atoms with Gasteiger partial charge in [0.2, 0.25) is 0 Å². The van der Waals surface area contributed by atoms with Crippen molar-refractivity contribution < 1.29 is 9.53 Å². The Labute approximate surface area is 143 Å². The number of nitrogens with two attached hydrogens (primary N) is 1. The fourth-order valence-corrected chi connectivity index (χ4v) is 3.70. The predicted octanol–water partition coefficient (Wildman–Crippen LogP) is 3.72.